The van der Waals surface area contributed by atoms with Gasteiger partial charge in [-0.25, -0.2) is 0 Å². The Morgan fingerprint density at radius 2 is 2.30 bits per heavy atom. The van der Waals surface area contributed by atoms with E-state index in [2.05, 4.69) is 4.18 Å². The maximum absolute atomic E-state index is 10.8. The van der Waals surface area contributed by atoms with Gasteiger partial charge >= 0.3 is 0 Å². The van der Waals surface area contributed by atoms with Gasteiger partial charge in [-0.05, 0) is 6.92 Å². The zero-order valence-corrected chi connectivity index (χ0v) is 6.35. The lowest BCUT2D eigenvalue weighted by Gasteiger charge is -2.12. The first kappa shape index (κ1) is 6.57. The maximum atomic E-state index is 10.8. The van der Waals surface area contributed by atoms with E-state index in [-0.39, 0.29) is 18.5 Å². The fraction of sp³-hybridized carbons (Fsp3) is 1.00. The molecule has 0 spiro atoms. The fourth-order valence-electron chi connectivity index (χ4n) is 1.19. The summed E-state index contributed by atoms with van der Waals surface area (Å²) >= 11 is 0. The summed E-state index contributed by atoms with van der Waals surface area (Å²) in [6.07, 6.45) is 0.0102. The SMILES string of the molecule is CC12CS(=O)(=O)OCC1O2. The Labute approximate surface area is 59.2 Å². The minimum absolute atomic E-state index is 0.00463. The van der Waals surface area contributed by atoms with Crippen molar-refractivity contribution in [2.45, 2.75) is 18.6 Å². The molecule has 5 heteroatoms. The van der Waals surface area contributed by atoms with E-state index in [1.54, 1.807) is 6.92 Å². The Balaban J connectivity index is 2.25. The summed E-state index contributed by atoms with van der Waals surface area (Å²) in [4.78, 5) is 0. The van der Waals surface area contributed by atoms with Crippen LogP contribution in [0, 0.1) is 0 Å². The van der Waals surface area contributed by atoms with Crippen LogP contribution in [-0.4, -0.2) is 32.5 Å². The molecule has 0 aromatic rings. The Morgan fingerprint density at radius 3 is 2.80 bits per heavy atom. The van der Waals surface area contributed by atoms with Crippen LogP contribution < -0.4 is 0 Å². The molecule has 10 heavy (non-hydrogen) atoms. The highest BCUT2D eigenvalue weighted by atomic mass is 32.2. The maximum Gasteiger partial charge on any atom is 0.270 e. The van der Waals surface area contributed by atoms with Crippen molar-refractivity contribution >= 4 is 10.1 Å². The van der Waals surface area contributed by atoms with Crippen molar-refractivity contribution < 1.29 is 17.3 Å². The van der Waals surface area contributed by atoms with E-state index >= 15 is 0 Å². The number of hydrogen-bond acceptors (Lipinski definition) is 4. The van der Waals surface area contributed by atoms with E-state index in [4.69, 9.17) is 4.74 Å². The predicted molar refractivity (Wildman–Crippen MR) is 33.0 cm³/mol. The molecular weight excluding hydrogens is 156 g/mol. The third kappa shape index (κ3) is 0.853. The lowest BCUT2D eigenvalue weighted by molar-refractivity contribution is 0.272. The van der Waals surface area contributed by atoms with Crippen molar-refractivity contribution in [3.8, 4) is 0 Å². The van der Waals surface area contributed by atoms with Gasteiger partial charge in [0.25, 0.3) is 10.1 Å². The van der Waals surface area contributed by atoms with Crippen LogP contribution in [0.25, 0.3) is 0 Å². The molecular formula is C5H8O4S. The van der Waals surface area contributed by atoms with Gasteiger partial charge in [0.15, 0.2) is 0 Å². The molecule has 4 nitrogen and oxygen atoms in total. The fourth-order valence-corrected chi connectivity index (χ4v) is 2.56. The van der Waals surface area contributed by atoms with Crippen LogP contribution in [0.2, 0.25) is 0 Å². The molecule has 2 aliphatic rings. The highest BCUT2D eigenvalue weighted by molar-refractivity contribution is 7.86. The molecule has 0 amide bonds. The Bertz CT molecular complexity index is 257. The monoisotopic (exact) mass is 164 g/mol. The third-order valence-corrected chi connectivity index (χ3v) is 3.32. The highest BCUT2D eigenvalue weighted by Crippen LogP contribution is 2.41. The number of hydrogen-bond donors (Lipinski definition) is 0. The zero-order valence-electron chi connectivity index (χ0n) is 5.53. The van der Waals surface area contributed by atoms with Crippen LogP contribution in [0.1, 0.15) is 6.92 Å². The van der Waals surface area contributed by atoms with E-state index in [1.165, 1.54) is 0 Å². The van der Waals surface area contributed by atoms with Crippen LogP contribution in [0.4, 0.5) is 0 Å². The lowest BCUT2D eigenvalue weighted by atomic mass is 10.1. The molecule has 2 aliphatic heterocycles. The van der Waals surface area contributed by atoms with Crippen molar-refractivity contribution in [3.63, 3.8) is 0 Å². The second-order valence-corrected chi connectivity index (χ2v) is 4.55. The molecule has 0 aromatic heterocycles. The van der Waals surface area contributed by atoms with Crippen LogP contribution in [0.15, 0.2) is 0 Å². The van der Waals surface area contributed by atoms with Gasteiger partial charge in [0, 0.05) is 0 Å². The van der Waals surface area contributed by atoms with Crippen LogP contribution >= 0.6 is 0 Å². The van der Waals surface area contributed by atoms with E-state index in [0.717, 1.165) is 0 Å². The molecule has 2 saturated heterocycles. The van der Waals surface area contributed by atoms with E-state index in [0.29, 0.717) is 0 Å². The van der Waals surface area contributed by atoms with Crippen molar-refractivity contribution in [2.24, 2.45) is 0 Å². The second kappa shape index (κ2) is 1.54. The van der Waals surface area contributed by atoms with E-state index in [1.807, 2.05) is 0 Å². The first-order chi connectivity index (χ1) is 4.52. The normalized spacial score (nSPS) is 49.9. The first-order valence-corrected chi connectivity index (χ1v) is 4.65. The lowest BCUT2D eigenvalue weighted by Crippen LogP contribution is -2.32. The summed E-state index contributed by atoms with van der Waals surface area (Å²) < 4.78 is 31.2. The van der Waals surface area contributed by atoms with Crippen LogP contribution in [0.5, 0.6) is 0 Å². The highest BCUT2D eigenvalue weighted by Gasteiger charge is 2.58. The molecule has 2 unspecified atom stereocenters. The Hall–Kier alpha value is -0.130. The molecule has 0 N–H and O–H groups in total. The van der Waals surface area contributed by atoms with E-state index in [9.17, 15) is 8.42 Å². The molecule has 0 radical (unpaired) electrons. The van der Waals surface area contributed by atoms with Gasteiger partial charge in [0.05, 0.1) is 6.61 Å². The molecule has 2 atom stereocenters. The topological polar surface area (TPSA) is 55.9 Å². The first-order valence-electron chi connectivity index (χ1n) is 3.07. The van der Waals surface area contributed by atoms with Crippen molar-refractivity contribution in [1.29, 1.82) is 0 Å². The predicted octanol–water partition coefficient (Wildman–Crippen LogP) is -0.496. The second-order valence-electron chi connectivity index (χ2n) is 2.91. The van der Waals surface area contributed by atoms with Crippen LogP contribution in [0.3, 0.4) is 0 Å². The van der Waals surface area contributed by atoms with Gasteiger partial charge in [0.2, 0.25) is 0 Å². The quantitative estimate of drug-likeness (QED) is 0.358. The molecule has 2 rings (SSSR count). The van der Waals surface area contributed by atoms with Gasteiger partial charge in [-0.1, -0.05) is 0 Å². The minimum Gasteiger partial charge on any atom is -0.363 e. The number of ether oxygens (including phenoxy) is 1. The molecule has 0 bridgehead atoms. The van der Waals surface area contributed by atoms with Crippen molar-refractivity contribution in [2.75, 3.05) is 12.4 Å². The van der Waals surface area contributed by atoms with Gasteiger partial charge in [0.1, 0.15) is 17.5 Å². The molecule has 0 aromatic carbocycles. The van der Waals surface area contributed by atoms with Crippen LogP contribution in [-0.2, 0) is 19.0 Å². The molecule has 0 aliphatic carbocycles. The Morgan fingerprint density at radius 1 is 1.60 bits per heavy atom. The number of fused-ring (bicyclic) bond motifs is 1. The van der Waals surface area contributed by atoms with Crippen molar-refractivity contribution in [3.05, 3.63) is 0 Å². The number of rotatable bonds is 0. The van der Waals surface area contributed by atoms with E-state index < -0.39 is 15.7 Å². The standard InChI is InChI=1S/C5H8O4S/c1-5-3-10(6,7)8-2-4(5)9-5/h4H,2-3H2,1H3. The number of epoxide rings is 1. The van der Waals surface area contributed by atoms with Gasteiger partial charge in [-0.3, -0.25) is 4.18 Å². The molecule has 0 saturated carbocycles. The molecule has 2 fully saturated rings. The average Bonchev–Trinajstić information content (AvgIpc) is 2.35. The molecule has 58 valence electrons. The Kier molecular flexibility index (Phi) is 1.01. The minimum atomic E-state index is -3.27. The summed E-state index contributed by atoms with van der Waals surface area (Å²) in [6, 6.07) is 0. The third-order valence-electron chi connectivity index (χ3n) is 1.90. The summed E-state index contributed by atoms with van der Waals surface area (Å²) in [5.74, 6) is 0.00463. The van der Waals surface area contributed by atoms with Crippen molar-refractivity contribution in [1.82, 2.24) is 0 Å². The van der Waals surface area contributed by atoms with Gasteiger partial charge in [-0.2, -0.15) is 8.42 Å². The summed E-state index contributed by atoms with van der Waals surface area (Å²) in [5, 5.41) is 0. The summed E-state index contributed by atoms with van der Waals surface area (Å²) in [5.41, 5.74) is -0.433. The average molecular weight is 164 g/mol. The summed E-state index contributed by atoms with van der Waals surface area (Å²) in [6.45, 7) is 1.98. The molecule has 2 heterocycles. The smallest absolute Gasteiger partial charge is 0.270 e. The summed E-state index contributed by atoms with van der Waals surface area (Å²) in [7, 11) is -3.27. The van der Waals surface area contributed by atoms with Gasteiger partial charge < -0.3 is 4.74 Å². The van der Waals surface area contributed by atoms with Gasteiger partial charge in [-0.15, -0.1) is 0 Å². The largest absolute Gasteiger partial charge is 0.363 e. The zero-order chi connectivity index (χ0) is 7.41.